The Morgan fingerprint density at radius 1 is 0.952 bits per heavy atom. The van der Waals surface area contributed by atoms with Crippen molar-refractivity contribution in [1.29, 1.82) is 0 Å². The molecule has 0 aliphatic carbocycles. The second-order valence-electron chi connectivity index (χ2n) is 4.81. The molecule has 1 aromatic rings. The fraction of sp³-hybridized carbons (Fsp3) is 0.571. The second-order valence-corrected chi connectivity index (χ2v) is 5.28. The van der Waals surface area contributed by atoms with Gasteiger partial charge >= 0.3 is 12.4 Å². The molecule has 0 heterocycles. The van der Waals surface area contributed by atoms with Crippen molar-refractivity contribution < 1.29 is 26.3 Å². The van der Waals surface area contributed by atoms with Gasteiger partial charge in [0.2, 0.25) is 0 Å². The van der Waals surface area contributed by atoms with Crippen molar-refractivity contribution in [2.24, 2.45) is 5.92 Å². The maximum absolute atomic E-state index is 12.6. The highest BCUT2D eigenvalue weighted by Crippen LogP contribution is 2.49. The summed E-state index contributed by atoms with van der Waals surface area (Å²) in [7, 11) is 0. The van der Waals surface area contributed by atoms with Crippen LogP contribution in [0, 0.1) is 5.92 Å². The summed E-state index contributed by atoms with van der Waals surface area (Å²) in [5.41, 5.74) is 0.677. The Morgan fingerprint density at radius 3 is 1.81 bits per heavy atom. The summed E-state index contributed by atoms with van der Waals surface area (Å²) in [4.78, 5) is 0. The molecule has 0 radical (unpaired) electrons. The molecular weight excluding hydrogens is 318 g/mol. The van der Waals surface area contributed by atoms with Crippen LogP contribution in [-0.2, 0) is 6.42 Å². The zero-order valence-corrected chi connectivity index (χ0v) is 12.0. The minimum absolute atomic E-state index is 0.184. The van der Waals surface area contributed by atoms with Gasteiger partial charge in [-0.3, -0.25) is 0 Å². The van der Waals surface area contributed by atoms with E-state index in [2.05, 4.69) is 0 Å². The molecule has 0 aromatic heterocycles. The first-order chi connectivity index (χ1) is 9.57. The zero-order valence-electron chi connectivity index (χ0n) is 11.2. The lowest BCUT2D eigenvalue weighted by Gasteiger charge is -2.27. The summed E-state index contributed by atoms with van der Waals surface area (Å²) in [5.74, 6) is -3.58. The van der Waals surface area contributed by atoms with Gasteiger partial charge in [0.05, 0.1) is 5.38 Å². The highest BCUT2D eigenvalue weighted by Gasteiger charge is 2.60. The van der Waals surface area contributed by atoms with Crippen LogP contribution < -0.4 is 0 Å². The third kappa shape index (κ3) is 5.09. The molecule has 1 rings (SSSR count). The molecule has 0 saturated heterocycles. The lowest BCUT2D eigenvalue weighted by atomic mass is 9.96. The number of hydrogen-bond donors (Lipinski definition) is 0. The van der Waals surface area contributed by atoms with E-state index < -0.39 is 23.6 Å². The van der Waals surface area contributed by atoms with Crippen LogP contribution in [0.15, 0.2) is 24.3 Å². The van der Waals surface area contributed by atoms with Gasteiger partial charge in [0.1, 0.15) is 0 Å². The molecule has 7 heteroatoms. The van der Waals surface area contributed by atoms with Crippen LogP contribution in [0.1, 0.15) is 36.3 Å². The number of aryl methyl sites for hydroxylation is 1. The fourth-order valence-electron chi connectivity index (χ4n) is 1.96. The molecule has 0 N–H and O–H groups in total. The SMILES string of the molecule is CCCCc1ccc(C(Cl)C(C(F)(F)F)C(F)(F)F)cc1. The summed E-state index contributed by atoms with van der Waals surface area (Å²) in [6.07, 6.45) is -8.30. The molecule has 0 nitrogen and oxygen atoms in total. The van der Waals surface area contributed by atoms with Crippen LogP contribution in [0.25, 0.3) is 0 Å². The van der Waals surface area contributed by atoms with Crippen molar-refractivity contribution in [3.8, 4) is 0 Å². The molecule has 0 spiro atoms. The van der Waals surface area contributed by atoms with Crippen molar-refractivity contribution >= 4 is 11.6 Å². The lowest BCUT2D eigenvalue weighted by Crippen LogP contribution is -2.39. The topological polar surface area (TPSA) is 0 Å². The maximum atomic E-state index is 12.6. The molecule has 21 heavy (non-hydrogen) atoms. The van der Waals surface area contributed by atoms with Gasteiger partial charge in [-0.25, -0.2) is 0 Å². The number of halogens is 7. The van der Waals surface area contributed by atoms with E-state index in [0.29, 0.717) is 0 Å². The van der Waals surface area contributed by atoms with Gasteiger partial charge in [0.25, 0.3) is 0 Å². The largest absolute Gasteiger partial charge is 0.402 e. The van der Waals surface area contributed by atoms with Gasteiger partial charge in [0.15, 0.2) is 5.92 Å². The fourth-order valence-corrected chi connectivity index (χ4v) is 2.39. The van der Waals surface area contributed by atoms with Crippen LogP contribution >= 0.6 is 11.6 Å². The summed E-state index contributed by atoms with van der Waals surface area (Å²) >= 11 is 5.46. The average Bonchev–Trinajstić information content (AvgIpc) is 2.33. The predicted octanol–water partition coefficient (Wildman–Crippen LogP) is 6.05. The molecular formula is C14H15ClF6. The second kappa shape index (κ2) is 6.90. The Bertz CT molecular complexity index is 420. The zero-order chi connectivity index (χ0) is 16.3. The summed E-state index contributed by atoms with van der Waals surface area (Å²) in [5, 5.41) is -2.19. The summed E-state index contributed by atoms with van der Waals surface area (Å²) in [6.45, 7) is 1.99. The van der Waals surface area contributed by atoms with E-state index in [4.69, 9.17) is 11.6 Å². The van der Waals surface area contributed by atoms with Crippen molar-refractivity contribution in [3.05, 3.63) is 35.4 Å². The Kier molecular flexibility index (Phi) is 5.96. The van der Waals surface area contributed by atoms with Gasteiger partial charge in [-0.15, -0.1) is 11.6 Å². The Balaban J connectivity index is 2.97. The molecule has 0 amide bonds. The number of benzene rings is 1. The van der Waals surface area contributed by atoms with Crippen LogP contribution in [-0.4, -0.2) is 12.4 Å². The first kappa shape index (κ1) is 18.1. The highest BCUT2D eigenvalue weighted by atomic mass is 35.5. The molecule has 0 saturated carbocycles. The number of rotatable bonds is 5. The normalized spacial score (nSPS) is 14.5. The quantitative estimate of drug-likeness (QED) is 0.455. The molecule has 0 fully saturated rings. The Morgan fingerprint density at radius 2 is 1.43 bits per heavy atom. The third-order valence-electron chi connectivity index (χ3n) is 3.12. The number of hydrogen-bond acceptors (Lipinski definition) is 0. The van der Waals surface area contributed by atoms with Crippen molar-refractivity contribution in [1.82, 2.24) is 0 Å². The van der Waals surface area contributed by atoms with E-state index in [1.807, 2.05) is 6.92 Å². The Hall–Kier alpha value is -0.910. The number of alkyl halides is 7. The molecule has 120 valence electrons. The maximum Gasteiger partial charge on any atom is 0.402 e. The van der Waals surface area contributed by atoms with E-state index in [0.717, 1.165) is 24.8 Å². The smallest absolute Gasteiger partial charge is 0.170 e. The van der Waals surface area contributed by atoms with Gasteiger partial charge in [0, 0.05) is 0 Å². The first-order valence-electron chi connectivity index (χ1n) is 6.43. The molecule has 0 aliphatic heterocycles. The summed E-state index contributed by atoms with van der Waals surface area (Å²) < 4.78 is 75.6. The standard InChI is InChI=1S/C14H15ClF6/c1-2-3-4-9-5-7-10(8-6-9)11(15)12(13(16,17)18)14(19,20)21/h5-8,11-12H,2-4H2,1H3. The van der Waals surface area contributed by atoms with E-state index >= 15 is 0 Å². The highest BCUT2D eigenvalue weighted by molar-refractivity contribution is 6.21. The molecule has 0 aliphatic rings. The van der Waals surface area contributed by atoms with Crippen molar-refractivity contribution in [3.63, 3.8) is 0 Å². The van der Waals surface area contributed by atoms with Gasteiger partial charge < -0.3 is 0 Å². The first-order valence-corrected chi connectivity index (χ1v) is 6.87. The van der Waals surface area contributed by atoms with E-state index in [9.17, 15) is 26.3 Å². The average molecular weight is 333 g/mol. The minimum atomic E-state index is -5.44. The van der Waals surface area contributed by atoms with Crippen molar-refractivity contribution in [2.75, 3.05) is 0 Å². The van der Waals surface area contributed by atoms with Crippen molar-refractivity contribution in [2.45, 2.75) is 43.9 Å². The van der Waals surface area contributed by atoms with Crippen LogP contribution in [0.2, 0.25) is 0 Å². The predicted molar refractivity (Wildman–Crippen MR) is 69.2 cm³/mol. The van der Waals surface area contributed by atoms with Gasteiger partial charge in [-0.2, -0.15) is 26.3 Å². The Labute approximate surface area is 124 Å². The van der Waals surface area contributed by atoms with Gasteiger partial charge in [-0.1, -0.05) is 37.6 Å². The van der Waals surface area contributed by atoms with Gasteiger partial charge in [-0.05, 0) is 24.0 Å². The van der Waals surface area contributed by atoms with Crippen LogP contribution in [0.5, 0.6) is 0 Å². The third-order valence-corrected chi connectivity index (χ3v) is 3.62. The van der Waals surface area contributed by atoms with E-state index in [-0.39, 0.29) is 5.56 Å². The summed E-state index contributed by atoms with van der Waals surface area (Å²) in [6, 6.07) is 5.49. The van der Waals surface area contributed by atoms with Crippen LogP contribution in [0.3, 0.4) is 0 Å². The lowest BCUT2D eigenvalue weighted by molar-refractivity contribution is -0.284. The number of unbranched alkanes of at least 4 members (excludes halogenated alkanes) is 1. The molecule has 0 bridgehead atoms. The minimum Gasteiger partial charge on any atom is -0.170 e. The van der Waals surface area contributed by atoms with Crippen LogP contribution in [0.4, 0.5) is 26.3 Å². The monoisotopic (exact) mass is 332 g/mol. The van der Waals surface area contributed by atoms with E-state index in [1.165, 1.54) is 24.3 Å². The molecule has 1 aromatic carbocycles. The molecule has 1 atom stereocenters. The molecule has 1 unspecified atom stereocenters. The van der Waals surface area contributed by atoms with E-state index in [1.54, 1.807) is 0 Å².